The molecule has 1 aromatic heterocycles. The minimum atomic E-state index is -0.797. The predicted octanol–water partition coefficient (Wildman–Crippen LogP) is 0.291. The predicted molar refractivity (Wildman–Crippen MR) is 53.6 cm³/mol. The van der Waals surface area contributed by atoms with Crippen LogP contribution in [0.4, 0.5) is 0 Å². The molecule has 0 fully saturated rings. The number of phenolic OH excluding ortho intramolecular Hbond substituents is 1. The number of para-hydroxylation sites is 1. The molecule has 0 aliphatic rings. The Morgan fingerprint density at radius 1 is 1.40 bits per heavy atom. The van der Waals surface area contributed by atoms with Crippen LogP contribution in [0.1, 0.15) is 10.4 Å². The van der Waals surface area contributed by atoms with Gasteiger partial charge in [0.05, 0.1) is 0 Å². The Kier molecular flexibility index (Phi) is 2.83. The van der Waals surface area contributed by atoms with Crippen LogP contribution in [0.3, 0.4) is 0 Å². The second-order valence-electron chi connectivity index (χ2n) is 2.74. The zero-order chi connectivity index (χ0) is 10.7. The number of benzene rings is 1. The summed E-state index contributed by atoms with van der Waals surface area (Å²) >= 11 is -0.797. The van der Waals surface area contributed by atoms with Crippen molar-refractivity contribution >= 4 is 20.5 Å². The summed E-state index contributed by atoms with van der Waals surface area (Å²) in [7, 11) is 0. The van der Waals surface area contributed by atoms with Gasteiger partial charge in [0.1, 0.15) is 0 Å². The first-order chi connectivity index (χ1) is 7.27. The molecule has 1 N–H and O–H groups in total. The molecule has 15 heavy (non-hydrogen) atoms. The fraction of sp³-hybridized carbons (Fsp3) is 0. The molecule has 0 bridgehead atoms. The van der Waals surface area contributed by atoms with Crippen LogP contribution >= 0.6 is 0 Å². The molecule has 1 aromatic carbocycles. The second kappa shape index (κ2) is 4.27. The molecule has 2 rings (SSSR count). The van der Waals surface area contributed by atoms with Gasteiger partial charge in [-0.2, -0.15) is 0 Å². The van der Waals surface area contributed by atoms with Gasteiger partial charge in [0.25, 0.3) is 0 Å². The van der Waals surface area contributed by atoms with Gasteiger partial charge in [-0.25, -0.2) is 0 Å². The molecule has 1 radical (unpaired) electrons. The van der Waals surface area contributed by atoms with Gasteiger partial charge in [0.2, 0.25) is 0 Å². The van der Waals surface area contributed by atoms with E-state index in [2.05, 4.69) is 10.1 Å². The minimum absolute atomic E-state index is 0.0120. The number of carbonyl (C=O) groups is 1. The second-order valence-corrected chi connectivity index (χ2v) is 4.87. The fourth-order valence-corrected chi connectivity index (χ4v) is 2.51. The molecule has 1 heterocycles. The van der Waals surface area contributed by atoms with Gasteiger partial charge in [0.15, 0.2) is 0 Å². The van der Waals surface area contributed by atoms with Gasteiger partial charge in [0, 0.05) is 0 Å². The maximum absolute atomic E-state index is 11.7. The topological polar surface area (TPSA) is 68.0 Å². The summed E-state index contributed by atoms with van der Waals surface area (Å²) in [5, 5.41) is 13.3. The summed E-state index contributed by atoms with van der Waals surface area (Å²) in [6.45, 7) is 0. The van der Waals surface area contributed by atoms with E-state index in [9.17, 15) is 9.90 Å². The van der Waals surface area contributed by atoms with Crippen molar-refractivity contribution < 1.29 is 9.90 Å². The summed E-state index contributed by atoms with van der Waals surface area (Å²) < 4.78 is 1.40. The molecule has 0 amide bonds. The van der Waals surface area contributed by atoms with Crippen molar-refractivity contribution in [1.82, 2.24) is 13.7 Å². The zero-order valence-electron chi connectivity index (χ0n) is 7.61. The Bertz CT molecular complexity index is 470. The Morgan fingerprint density at radius 2 is 2.20 bits per heavy atom. The van der Waals surface area contributed by atoms with Gasteiger partial charge in [-0.1, -0.05) is 0 Å². The van der Waals surface area contributed by atoms with E-state index >= 15 is 0 Å². The van der Waals surface area contributed by atoms with Crippen LogP contribution in [0.2, 0.25) is 0 Å². The quantitative estimate of drug-likeness (QED) is 0.809. The van der Waals surface area contributed by atoms with Crippen LogP contribution < -0.4 is 0 Å². The van der Waals surface area contributed by atoms with Crippen molar-refractivity contribution in [3.05, 3.63) is 42.5 Å². The summed E-state index contributed by atoms with van der Waals surface area (Å²) in [5.41, 5.74) is 0.341. The number of aromatic hydroxyl groups is 1. The molecule has 2 aromatic rings. The summed E-state index contributed by atoms with van der Waals surface area (Å²) in [5.74, 6) is 0.0120. The van der Waals surface area contributed by atoms with E-state index in [0.29, 0.717) is 5.56 Å². The van der Waals surface area contributed by atoms with Gasteiger partial charge >= 0.3 is 92.4 Å². The third kappa shape index (κ3) is 2.25. The monoisotopic (exact) mass is 264 g/mol. The number of aromatic nitrogens is 3. The van der Waals surface area contributed by atoms with Gasteiger partial charge < -0.3 is 0 Å². The van der Waals surface area contributed by atoms with E-state index in [1.807, 2.05) is 0 Å². The molecular weight excluding hydrogens is 257 g/mol. The molecule has 0 saturated carbocycles. The normalized spacial score (nSPS) is 10.9. The number of hydrogen-bond donors (Lipinski definition) is 1. The van der Waals surface area contributed by atoms with E-state index in [-0.39, 0.29) is 10.3 Å². The Hall–Kier alpha value is -1.61. The van der Waals surface area contributed by atoms with Gasteiger partial charge in [-0.3, -0.25) is 0 Å². The molecule has 0 saturated heterocycles. The Morgan fingerprint density at radius 3 is 2.87 bits per heavy atom. The van der Waals surface area contributed by atoms with E-state index < -0.39 is 16.0 Å². The van der Waals surface area contributed by atoms with E-state index in [1.54, 1.807) is 18.2 Å². The van der Waals surface area contributed by atoms with Crippen molar-refractivity contribution in [2.24, 2.45) is 0 Å². The number of nitrogens with zero attached hydrogens (tertiary/aromatic N) is 3. The van der Waals surface area contributed by atoms with Crippen molar-refractivity contribution in [2.45, 2.75) is 0 Å². The number of hydrogen-bond acceptors (Lipinski definition) is 4. The van der Waals surface area contributed by atoms with E-state index in [4.69, 9.17) is 0 Å². The number of phenols is 1. The van der Waals surface area contributed by atoms with Crippen molar-refractivity contribution in [3.63, 3.8) is 0 Å². The fourth-order valence-electron chi connectivity index (χ4n) is 1.06. The molecule has 0 aliphatic heterocycles. The Labute approximate surface area is 92.7 Å². The molecule has 0 atom stereocenters. The molecule has 6 heteroatoms. The summed E-state index contributed by atoms with van der Waals surface area (Å²) in [6, 6.07) is 6.49. The van der Waals surface area contributed by atoms with E-state index in [1.165, 1.54) is 22.3 Å². The number of carbonyl (C=O) groups excluding carboxylic acids is 1. The summed E-state index contributed by atoms with van der Waals surface area (Å²) in [6.07, 6.45) is 2.88. The van der Waals surface area contributed by atoms with Crippen molar-refractivity contribution in [3.8, 4) is 5.75 Å². The van der Waals surface area contributed by atoms with Crippen LogP contribution in [0.5, 0.6) is 5.75 Å². The SMILES string of the molecule is O=C([As]n1cncn1)c1ccccc1O. The molecule has 0 unspecified atom stereocenters. The molecule has 5 nitrogen and oxygen atoms in total. The first-order valence-electron chi connectivity index (χ1n) is 4.16. The van der Waals surface area contributed by atoms with Crippen molar-refractivity contribution in [1.29, 1.82) is 0 Å². The van der Waals surface area contributed by atoms with Crippen LogP contribution in [0.15, 0.2) is 36.9 Å². The van der Waals surface area contributed by atoms with Crippen LogP contribution in [0.25, 0.3) is 0 Å². The third-order valence-corrected chi connectivity index (χ3v) is 3.48. The van der Waals surface area contributed by atoms with Crippen LogP contribution in [-0.2, 0) is 0 Å². The average molecular weight is 264 g/mol. The zero-order valence-corrected chi connectivity index (χ0v) is 9.48. The van der Waals surface area contributed by atoms with Crippen molar-refractivity contribution in [2.75, 3.05) is 0 Å². The number of rotatable bonds is 3. The summed E-state index contributed by atoms with van der Waals surface area (Å²) in [4.78, 5) is 15.5. The third-order valence-electron chi connectivity index (χ3n) is 1.73. The molecule has 0 aliphatic carbocycles. The first-order valence-corrected chi connectivity index (χ1v) is 5.94. The standard InChI is InChI=1S/C9H7AsN3O2/c14-8-4-2-1-3-7(8)9(15)10-13-6-11-5-12-13/h1-6,14H. The van der Waals surface area contributed by atoms with Crippen LogP contribution in [-0.4, -0.2) is 39.3 Å². The molecular formula is C9H7AsN3O2. The first kappa shape index (κ1) is 9.93. The van der Waals surface area contributed by atoms with Crippen LogP contribution in [0, 0.1) is 0 Å². The molecule has 75 valence electrons. The van der Waals surface area contributed by atoms with E-state index in [0.717, 1.165) is 0 Å². The average Bonchev–Trinajstić information content (AvgIpc) is 2.71. The molecule has 0 spiro atoms. The Balaban J connectivity index is 2.19. The van der Waals surface area contributed by atoms with Gasteiger partial charge in [-0.15, -0.1) is 0 Å². The van der Waals surface area contributed by atoms with Gasteiger partial charge in [-0.05, 0) is 0 Å². The maximum atomic E-state index is 11.7.